The van der Waals surface area contributed by atoms with E-state index in [1.165, 1.54) is 5.56 Å². The molecule has 0 fully saturated rings. The molecule has 2 aromatic rings. The van der Waals surface area contributed by atoms with Crippen LogP contribution in [-0.4, -0.2) is 21.3 Å². The molecule has 0 aliphatic carbocycles. The predicted octanol–water partition coefficient (Wildman–Crippen LogP) is 0.906. The third kappa shape index (κ3) is 1.89. The summed E-state index contributed by atoms with van der Waals surface area (Å²) in [6, 6.07) is 10.1. The number of hydrogen-bond donors (Lipinski definition) is 1. The zero-order chi connectivity index (χ0) is 10.7. The number of aromatic nitrogens is 3. The second kappa shape index (κ2) is 4.23. The first-order valence-electron chi connectivity index (χ1n) is 4.92. The molecule has 1 unspecified atom stereocenters. The molecule has 0 bridgehead atoms. The van der Waals surface area contributed by atoms with Crippen molar-refractivity contribution in [2.75, 3.05) is 6.54 Å². The summed E-state index contributed by atoms with van der Waals surface area (Å²) in [6.07, 6.45) is 1.70. The molecule has 1 heterocycles. The van der Waals surface area contributed by atoms with Gasteiger partial charge in [-0.05, 0) is 5.56 Å². The van der Waals surface area contributed by atoms with E-state index in [-0.39, 0.29) is 5.92 Å². The highest BCUT2D eigenvalue weighted by atomic mass is 15.2. The molecular weight excluding hydrogens is 188 g/mol. The first-order chi connectivity index (χ1) is 7.33. The number of nitrogens with two attached hydrogens (primary N) is 1. The molecule has 0 saturated carbocycles. The molecule has 0 aliphatic heterocycles. The molecular formula is C11H14N4. The maximum Gasteiger partial charge on any atom is 0.141 e. The van der Waals surface area contributed by atoms with Crippen molar-refractivity contribution in [3.8, 4) is 0 Å². The van der Waals surface area contributed by atoms with Gasteiger partial charge >= 0.3 is 0 Å². The molecule has 0 saturated heterocycles. The van der Waals surface area contributed by atoms with E-state index in [0.29, 0.717) is 6.54 Å². The summed E-state index contributed by atoms with van der Waals surface area (Å²) in [5.74, 6) is 1.03. The Morgan fingerprint density at radius 2 is 2.07 bits per heavy atom. The Labute approximate surface area is 88.8 Å². The lowest BCUT2D eigenvalue weighted by Crippen LogP contribution is -2.17. The van der Waals surface area contributed by atoms with Gasteiger partial charge in [0.2, 0.25) is 0 Å². The topological polar surface area (TPSA) is 56.7 Å². The van der Waals surface area contributed by atoms with Crippen molar-refractivity contribution < 1.29 is 0 Å². The first kappa shape index (κ1) is 9.86. The van der Waals surface area contributed by atoms with Crippen LogP contribution in [0.5, 0.6) is 0 Å². The van der Waals surface area contributed by atoms with Crippen LogP contribution >= 0.6 is 0 Å². The van der Waals surface area contributed by atoms with E-state index >= 15 is 0 Å². The first-order valence-corrected chi connectivity index (χ1v) is 4.92. The van der Waals surface area contributed by atoms with Gasteiger partial charge in [-0.2, -0.15) is 0 Å². The highest BCUT2D eigenvalue weighted by molar-refractivity contribution is 5.25. The van der Waals surface area contributed by atoms with Gasteiger partial charge in [0.15, 0.2) is 0 Å². The molecule has 4 heteroatoms. The molecule has 0 amide bonds. The molecule has 78 valence electrons. The van der Waals surface area contributed by atoms with Crippen molar-refractivity contribution >= 4 is 0 Å². The van der Waals surface area contributed by atoms with Crippen LogP contribution in [0.2, 0.25) is 0 Å². The number of benzene rings is 1. The molecule has 1 aromatic carbocycles. The SMILES string of the molecule is Cn1cnnc1C(CN)c1ccccc1. The molecule has 2 rings (SSSR count). The van der Waals surface area contributed by atoms with E-state index in [4.69, 9.17) is 5.73 Å². The minimum atomic E-state index is 0.124. The van der Waals surface area contributed by atoms with Crippen LogP contribution in [0.15, 0.2) is 36.7 Å². The molecule has 15 heavy (non-hydrogen) atoms. The summed E-state index contributed by atoms with van der Waals surface area (Å²) in [7, 11) is 1.93. The van der Waals surface area contributed by atoms with Gasteiger partial charge in [0.05, 0.1) is 5.92 Å². The lowest BCUT2D eigenvalue weighted by molar-refractivity contribution is 0.696. The van der Waals surface area contributed by atoms with Crippen molar-refractivity contribution in [1.29, 1.82) is 0 Å². The second-order valence-electron chi connectivity index (χ2n) is 3.50. The van der Waals surface area contributed by atoms with Crippen LogP contribution in [0.1, 0.15) is 17.3 Å². The fourth-order valence-corrected chi connectivity index (χ4v) is 1.68. The number of rotatable bonds is 3. The van der Waals surface area contributed by atoms with Gasteiger partial charge < -0.3 is 10.3 Å². The van der Waals surface area contributed by atoms with E-state index in [1.54, 1.807) is 6.33 Å². The van der Waals surface area contributed by atoms with Crippen molar-refractivity contribution in [1.82, 2.24) is 14.8 Å². The van der Waals surface area contributed by atoms with Crippen molar-refractivity contribution in [3.63, 3.8) is 0 Å². The van der Waals surface area contributed by atoms with Crippen LogP contribution in [0, 0.1) is 0 Å². The van der Waals surface area contributed by atoms with Gasteiger partial charge in [0, 0.05) is 13.6 Å². The maximum absolute atomic E-state index is 5.78. The summed E-state index contributed by atoms with van der Waals surface area (Å²) in [5, 5.41) is 7.97. The molecule has 0 radical (unpaired) electrons. The second-order valence-corrected chi connectivity index (χ2v) is 3.50. The molecule has 2 N–H and O–H groups in total. The van der Waals surface area contributed by atoms with Crippen molar-refractivity contribution in [2.24, 2.45) is 12.8 Å². The maximum atomic E-state index is 5.78. The standard InChI is InChI=1S/C11H14N4/c1-15-8-13-14-11(15)10(7-12)9-5-3-2-4-6-9/h2-6,8,10H,7,12H2,1H3. The Balaban J connectivity index is 2.37. The van der Waals surface area contributed by atoms with Gasteiger partial charge in [0.25, 0.3) is 0 Å². The van der Waals surface area contributed by atoms with E-state index in [1.807, 2.05) is 29.8 Å². The van der Waals surface area contributed by atoms with Gasteiger partial charge in [-0.3, -0.25) is 0 Å². The molecule has 4 nitrogen and oxygen atoms in total. The van der Waals surface area contributed by atoms with Crippen LogP contribution in [0.25, 0.3) is 0 Å². The smallest absolute Gasteiger partial charge is 0.141 e. The number of aryl methyl sites for hydroxylation is 1. The van der Waals surface area contributed by atoms with Crippen LogP contribution in [-0.2, 0) is 7.05 Å². The summed E-state index contributed by atoms with van der Waals surface area (Å²) in [6.45, 7) is 0.538. The summed E-state index contributed by atoms with van der Waals surface area (Å²) < 4.78 is 1.91. The zero-order valence-electron chi connectivity index (χ0n) is 8.67. The van der Waals surface area contributed by atoms with Crippen LogP contribution in [0.4, 0.5) is 0 Å². The Hall–Kier alpha value is -1.68. The average molecular weight is 202 g/mol. The Morgan fingerprint density at radius 3 is 2.60 bits per heavy atom. The quantitative estimate of drug-likeness (QED) is 0.804. The largest absolute Gasteiger partial charge is 0.329 e. The van der Waals surface area contributed by atoms with Crippen LogP contribution < -0.4 is 5.73 Å². The monoisotopic (exact) mass is 202 g/mol. The number of nitrogens with zero attached hydrogens (tertiary/aromatic N) is 3. The minimum absolute atomic E-state index is 0.124. The number of hydrogen-bond acceptors (Lipinski definition) is 3. The summed E-state index contributed by atoms with van der Waals surface area (Å²) >= 11 is 0. The molecule has 1 aromatic heterocycles. The highest BCUT2D eigenvalue weighted by Gasteiger charge is 2.16. The van der Waals surface area contributed by atoms with E-state index in [2.05, 4.69) is 22.3 Å². The van der Waals surface area contributed by atoms with E-state index < -0.39 is 0 Å². The Morgan fingerprint density at radius 1 is 1.33 bits per heavy atom. The van der Waals surface area contributed by atoms with Gasteiger partial charge in [-0.15, -0.1) is 10.2 Å². The summed E-state index contributed by atoms with van der Waals surface area (Å²) in [4.78, 5) is 0. The fraction of sp³-hybridized carbons (Fsp3) is 0.273. The van der Waals surface area contributed by atoms with E-state index in [9.17, 15) is 0 Å². The fourth-order valence-electron chi connectivity index (χ4n) is 1.68. The Bertz CT molecular complexity index is 421. The molecule has 0 aliphatic rings. The van der Waals surface area contributed by atoms with Crippen molar-refractivity contribution in [2.45, 2.75) is 5.92 Å². The van der Waals surface area contributed by atoms with Crippen LogP contribution in [0.3, 0.4) is 0 Å². The third-order valence-electron chi connectivity index (χ3n) is 2.50. The Kier molecular flexibility index (Phi) is 2.78. The minimum Gasteiger partial charge on any atom is -0.329 e. The van der Waals surface area contributed by atoms with Gasteiger partial charge in [-0.1, -0.05) is 30.3 Å². The third-order valence-corrected chi connectivity index (χ3v) is 2.50. The summed E-state index contributed by atoms with van der Waals surface area (Å²) in [5.41, 5.74) is 6.96. The zero-order valence-corrected chi connectivity index (χ0v) is 8.67. The molecule has 0 spiro atoms. The highest BCUT2D eigenvalue weighted by Crippen LogP contribution is 2.20. The lowest BCUT2D eigenvalue weighted by atomic mass is 9.98. The van der Waals surface area contributed by atoms with Crippen molar-refractivity contribution in [3.05, 3.63) is 48.0 Å². The predicted molar refractivity (Wildman–Crippen MR) is 58.3 cm³/mol. The van der Waals surface area contributed by atoms with Gasteiger partial charge in [0.1, 0.15) is 12.2 Å². The normalized spacial score (nSPS) is 12.7. The van der Waals surface area contributed by atoms with Gasteiger partial charge in [-0.25, -0.2) is 0 Å². The van der Waals surface area contributed by atoms with E-state index in [0.717, 1.165) is 5.82 Å². The average Bonchev–Trinajstić information content (AvgIpc) is 2.68. The molecule has 1 atom stereocenters. The lowest BCUT2D eigenvalue weighted by Gasteiger charge is -2.13.